The fourth-order valence-electron chi connectivity index (χ4n) is 2.25. The van der Waals surface area contributed by atoms with Crippen molar-refractivity contribution >= 4 is 23.1 Å². The molecule has 3 rings (SSSR count). The van der Waals surface area contributed by atoms with Crippen molar-refractivity contribution in [3.8, 4) is 5.82 Å². The molecule has 3 aromatic heterocycles. The lowest BCUT2D eigenvalue weighted by atomic mass is 10.3. The Hall–Kier alpha value is -2.74. The van der Waals surface area contributed by atoms with Crippen molar-refractivity contribution in [1.82, 2.24) is 24.8 Å². The molecule has 0 atom stereocenters. The van der Waals surface area contributed by atoms with Gasteiger partial charge in [-0.15, -0.1) is 0 Å². The van der Waals surface area contributed by atoms with Crippen molar-refractivity contribution < 1.29 is 4.79 Å². The van der Waals surface area contributed by atoms with E-state index in [0.29, 0.717) is 24.5 Å². The fourth-order valence-corrected chi connectivity index (χ4v) is 2.88. The molecule has 0 radical (unpaired) electrons. The van der Waals surface area contributed by atoms with Crippen molar-refractivity contribution in [3.05, 3.63) is 52.5 Å². The number of amides is 1. The van der Waals surface area contributed by atoms with Crippen LogP contribution in [0.25, 0.3) is 5.82 Å². The van der Waals surface area contributed by atoms with Crippen molar-refractivity contribution in [3.63, 3.8) is 0 Å². The standard InChI is InChI=1S/C16H18N6OS/c1-11-20-14(9-15(21-11)22-7-6-17-12(22)2)18-4-5-19-16(23)13-3-8-24-10-13/h3,6-10H,4-5H2,1-2H3,(H,19,23)(H,18,20,21). The van der Waals surface area contributed by atoms with Gasteiger partial charge in [0.2, 0.25) is 0 Å². The second-order valence-corrected chi connectivity index (χ2v) is 5.98. The molecule has 0 aliphatic carbocycles. The van der Waals surface area contributed by atoms with Crippen LogP contribution in [0.2, 0.25) is 0 Å². The number of carbonyl (C=O) groups excluding carboxylic acids is 1. The highest BCUT2D eigenvalue weighted by Gasteiger charge is 2.07. The van der Waals surface area contributed by atoms with Crippen LogP contribution in [0.5, 0.6) is 0 Å². The monoisotopic (exact) mass is 342 g/mol. The largest absolute Gasteiger partial charge is 0.368 e. The Kier molecular flexibility index (Phi) is 4.85. The number of carbonyl (C=O) groups is 1. The third kappa shape index (κ3) is 3.77. The summed E-state index contributed by atoms with van der Waals surface area (Å²) in [4.78, 5) is 24.9. The number of imidazole rings is 1. The Morgan fingerprint density at radius 1 is 1.29 bits per heavy atom. The highest BCUT2D eigenvalue weighted by Crippen LogP contribution is 2.12. The van der Waals surface area contributed by atoms with Crippen LogP contribution in [0.15, 0.2) is 35.3 Å². The van der Waals surface area contributed by atoms with Gasteiger partial charge in [0.15, 0.2) is 0 Å². The van der Waals surface area contributed by atoms with Crippen molar-refractivity contribution in [2.45, 2.75) is 13.8 Å². The minimum Gasteiger partial charge on any atom is -0.368 e. The number of nitrogens with zero attached hydrogens (tertiary/aromatic N) is 4. The maximum Gasteiger partial charge on any atom is 0.252 e. The Balaban J connectivity index is 1.58. The zero-order valence-corrected chi connectivity index (χ0v) is 14.3. The fraction of sp³-hybridized carbons (Fsp3) is 0.250. The number of thiophene rings is 1. The van der Waals surface area contributed by atoms with E-state index in [1.54, 1.807) is 12.3 Å². The van der Waals surface area contributed by atoms with E-state index in [0.717, 1.165) is 17.5 Å². The topological polar surface area (TPSA) is 84.7 Å². The molecule has 8 heteroatoms. The van der Waals surface area contributed by atoms with Crippen molar-refractivity contribution in [1.29, 1.82) is 0 Å². The summed E-state index contributed by atoms with van der Waals surface area (Å²) >= 11 is 1.51. The van der Waals surface area contributed by atoms with Gasteiger partial charge in [0.1, 0.15) is 23.3 Å². The number of hydrogen-bond donors (Lipinski definition) is 2. The molecule has 0 unspecified atom stereocenters. The van der Waals surface area contributed by atoms with Crippen LogP contribution < -0.4 is 10.6 Å². The van der Waals surface area contributed by atoms with E-state index < -0.39 is 0 Å². The minimum atomic E-state index is -0.0633. The summed E-state index contributed by atoms with van der Waals surface area (Å²) in [5, 5.41) is 9.79. The summed E-state index contributed by atoms with van der Waals surface area (Å²) in [5.74, 6) is 2.96. The van der Waals surface area contributed by atoms with E-state index in [4.69, 9.17) is 0 Å². The lowest BCUT2D eigenvalue weighted by Gasteiger charge is -2.10. The van der Waals surface area contributed by atoms with E-state index >= 15 is 0 Å². The summed E-state index contributed by atoms with van der Waals surface area (Å²) in [6, 6.07) is 3.67. The van der Waals surface area contributed by atoms with E-state index in [1.165, 1.54) is 11.3 Å². The molecule has 0 aliphatic rings. The first-order valence-electron chi connectivity index (χ1n) is 7.54. The zero-order valence-electron chi connectivity index (χ0n) is 13.5. The van der Waals surface area contributed by atoms with Gasteiger partial charge in [-0.05, 0) is 25.3 Å². The van der Waals surface area contributed by atoms with Crippen LogP contribution >= 0.6 is 11.3 Å². The molecule has 0 spiro atoms. The molecule has 2 N–H and O–H groups in total. The van der Waals surface area contributed by atoms with E-state index in [1.807, 2.05) is 41.4 Å². The molecule has 0 saturated carbocycles. The average Bonchev–Trinajstić information content (AvgIpc) is 3.22. The van der Waals surface area contributed by atoms with E-state index in [-0.39, 0.29) is 5.91 Å². The van der Waals surface area contributed by atoms with Gasteiger partial charge in [-0.3, -0.25) is 9.36 Å². The van der Waals surface area contributed by atoms with Crippen LogP contribution in [0.3, 0.4) is 0 Å². The van der Waals surface area contributed by atoms with Crippen molar-refractivity contribution in [2.24, 2.45) is 0 Å². The molecule has 0 aromatic carbocycles. The van der Waals surface area contributed by atoms with Gasteiger partial charge in [0.05, 0.1) is 0 Å². The van der Waals surface area contributed by atoms with Gasteiger partial charge >= 0.3 is 0 Å². The van der Waals surface area contributed by atoms with Gasteiger partial charge in [0, 0.05) is 42.5 Å². The van der Waals surface area contributed by atoms with Crippen molar-refractivity contribution in [2.75, 3.05) is 18.4 Å². The maximum absolute atomic E-state index is 11.9. The molecule has 7 nitrogen and oxygen atoms in total. The van der Waals surface area contributed by atoms with Crippen LogP contribution in [-0.4, -0.2) is 38.5 Å². The number of hydrogen-bond acceptors (Lipinski definition) is 6. The van der Waals surface area contributed by atoms with E-state index in [2.05, 4.69) is 25.6 Å². The van der Waals surface area contributed by atoms with Crippen LogP contribution in [0.4, 0.5) is 5.82 Å². The maximum atomic E-state index is 11.9. The predicted octanol–water partition coefficient (Wildman–Crippen LogP) is 2.18. The second kappa shape index (κ2) is 7.22. The Morgan fingerprint density at radius 2 is 2.17 bits per heavy atom. The second-order valence-electron chi connectivity index (χ2n) is 5.20. The van der Waals surface area contributed by atoms with Gasteiger partial charge < -0.3 is 10.6 Å². The lowest BCUT2D eigenvalue weighted by molar-refractivity contribution is 0.0955. The molecular weight excluding hydrogens is 324 g/mol. The summed E-state index contributed by atoms with van der Waals surface area (Å²) in [6.07, 6.45) is 3.60. The molecule has 0 aliphatic heterocycles. The number of anilines is 1. The Morgan fingerprint density at radius 3 is 2.88 bits per heavy atom. The highest BCUT2D eigenvalue weighted by atomic mass is 32.1. The van der Waals surface area contributed by atoms with Gasteiger partial charge in [-0.25, -0.2) is 15.0 Å². The smallest absolute Gasteiger partial charge is 0.252 e. The molecule has 1 amide bonds. The normalized spacial score (nSPS) is 10.6. The first-order chi connectivity index (χ1) is 11.6. The molecule has 3 heterocycles. The summed E-state index contributed by atoms with van der Waals surface area (Å²) in [6.45, 7) is 4.86. The molecule has 0 fully saturated rings. The van der Waals surface area contributed by atoms with Gasteiger partial charge in [-0.2, -0.15) is 11.3 Å². The molecule has 124 valence electrons. The average molecular weight is 342 g/mol. The molecule has 0 bridgehead atoms. The highest BCUT2D eigenvalue weighted by molar-refractivity contribution is 7.08. The van der Waals surface area contributed by atoms with E-state index in [9.17, 15) is 4.79 Å². The third-order valence-electron chi connectivity index (χ3n) is 3.40. The molecule has 24 heavy (non-hydrogen) atoms. The molecular formula is C16H18N6OS. The molecule has 3 aromatic rings. The van der Waals surface area contributed by atoms with Gasteiger partial charge in [0.25, 0.3) is 5.91 Å². The SMILES string of the molecule is Cc1nc(NCCNC(=O)c2ccsc2)cc(-n2ccnc2C)n1. The Labute approximate surface area is 143 Å². The number of rotatable bonds is 6. The summed E-state index contributed by atoms with van der Waals surface area (Å²) in [5.41, 5.74) is 0.691. The summed E-state index contributed by atoms with van der Waals surface area (Å²) in [7, 11) is 0. The first-order valence-corrected chi connectivity index (χ1v) is 8.48. The molecule has 0 saturated heterocycles. The number of aromatic nitrogens is 4. The third-order valence-corrected chi connectivity index (χ3v) is 4.08. The number of aryl methyl sites for hydroxylation is 2. The summed E-state index contributed by atoms with van der Waals surface area (Å²) < 4.78 is 1.90. The van der Waals surface area contributed by atoms with Crippen LogP contribution in [0.1, 0.15) is 22.0 Å². The number of nitrogens with one attached hydrogen (secondary N) is 2. The van der Waals surface area contributed by atoms with Crippen LogP contribution in [0, 0.1) is 13.8 Å². The van der Waals surface area contributed by atoms with Crippen LogP contribution in [-0.2, 0) is 0 Å². The minimum absolute atomic E-state index is 0.0633. The lowest BCUT2D eigenvalue weighted by Crippen LogP contribution is -2.28. The zero-order chi connectivity index (χ0) is 16.9. The first kappa shape index (κ1) is 16.1. The Bertz CT molecular complexity index is 827. The van der Waals surface area contributed by atoms with Gasteiger partial charge in [-0.1, -0.05) is 0 Å². The quantitative estimate of drug-likeness (QED) is 0.671. The predicted molar refractivity (Wildman–Crippen MR) is 93.8 cm³/mol.